The highest BCUT2D eigenvalue weighted by molar-refractivity contribution is 6.08. The summed E-state index contributed by atoms with van der Waals surface area (Å²) in [7, 11) is 0. The highest BCUT2D eigenvalue weighted by Crippen LogP contribution is 2.47. The van der Waals surface area contributed by atoms with Crippen LogP contribution in [0, 0.1) is 0 Å². The summed E-state index contributed by atoms with van der Waals surface area (Å²) in [4.78, 5) is 39.7. The molecule has 2 amide bonds. The number of likely N-dealkylation sites (tertiary alicyclic amines) is 1. The van der Waals surface area contributed by atoms with Crippen molar-refractivity contribution in [1.29, 1.82) is 0 Å². The first-order chi connectivity index (χ1) is 18.7. The molecule has 3 aromatic rings. The van der Waals surface area contributed by atoms with E-state index in [0.717, 1.165) is 25.7 Å². The van der Waals surface area contributed by atoms with E-state index in [0.29, 0.717) is 64.8 Å². The zero-order chi connectivity index (χ0) is 27.6. The van der Waals surface area contributed by atoms with E-state index in [1.165, 1.54) is 6.33 Å². The molecule has 11 nitrogen and oxygen atoms in total. The third kappa shape index (κ3) is 5.71. The van der Waals surface area contributed by atoms with E-state index in [1.807, 2.05) is 32.9 Å². The first-order valence-electron chi connectivity index (χ1n) is 13.4. The minimum atomic E-state index is -0.578. The van der Waals surface area contributed by atoms with Gasteiger partial charge in [0.05, 0.1) is 23.3 Å². The lowest BCUT2D eigenvalue weighted by atomic mass is 10.0. The second kappa shape index (κ2) is 11.0. The summed E-state index contributed by atoms with van der Waals surface area (Å²) < 4.78 is 23.0. The number of aromatic nitrogens is 3. The number of H-pyrrole nitrogens is 1. The average Bonchev–Trinajstić information content (AvgIpc) is 3.55. The van der Waals surface area contributed by atoms with E-state index in [-0.39, 0.29) is 24.8 Å². The Balaban J connectivity index is 1.40. The number of amides is 2. The van der Waals surface area contributed by atoms with E-state index < -0.39 is 5.60 Å². The molecule has 2 aliphatic heterocycles. The summed E-state index contributed by atoms with van der Waals surface area (Å²) >= 11 is 0. The molecule has 0 aliphatic carbocycles. The number of benzene rings is 1. The molecule has 0 spiro atoms. The van der Waals surface area contributed by atoms with Gasteiger partial charge in [0.1, 0.15) is 28.9 Å². The van der Waals surface area contributed by atoms with Gasteiger partial charge in [-0.2, -0.15) is 0 Å². The summed E-state index contributed by atoms with van der Waals surface area (Å²) in [5, 5.41) is 3.07. The number of rotatable bonds is 7. The van der Waals surface area contributed by atoms with Crippen molar-refractivity contribution in [1.82, 2.24) is 25.2 Å². The predicted molar refractivity (Wildman–Crippen MR) is 144 cm³/mol. The molecular weight excluding hydrogens is 502 g/mol. The van der Waals surface area contributed by atoms with Gasteiger partial charge in [-0.1, -0.05) is 13.3 Å². The van der Waals surface area contributed by atoms with Crippen molar-refractivity contribution < 1.29 is 28.5 Å². The Labute approximate surface area is 227 Å². The topological polar surface area (TPSA) is 128 Å². The maximum atomic E-state index is 13.4. The summed E-state index contributed by atoms with van der Waals surface area (Å²) in [6.45, 7) is 9.26. The number of hydrogen-bond acceptors (Lipinski definition) is 8. The van der Waals surface area contributed by atoms with Crippen molar-refractivity contribution in [2.75, 3.05) is 26.5 Å². The van der Waals surface area contributed by atoms with E-state index in [1.54, 1.807) is 11.1 Å². The zero-order valence-electron chi connectivity index (χ0n) is 22.8. The van der Waals surface area contributed by atoms with Crippen molar-refractivity contribution in [2.24, 2.45) is 0 Å². The van der Waals surface area contributed by atoms with Gasteiger partial charge in [0, 0.05) is 25.3 Å². The number of nitrogens with zero attached hydrogens (tertiary/aromatic N) is 3. The maximum Gasteiger partial charge on any atom is 0.410 e. The molecular formula is C28H35N5O6. The fourth-order valence-electron chi connectivity index (χ4n) is 4.78. The van der Waals surface area contributed by atoms with Crippen molar-refractivity contribution in [3.63, 3.8) is 0 Å². The standard InChI is InChI=1S/C28H35N5O6/c1-5-6-12-36-19-9-10-20-25(38-16-37-20)21(19)23-24-22(30-15-31-23)18(13-29-24)26(34)32-17-8-7-11-33(14-17)27(35)39-28(2,3)4/h9-10,13,15,17,29H,5-8,11-12,14,16H2,1-4H3,(H,32,34). The van der Waals surface area contributed by atoms with E-state index >= 15 is 0 Å². The number of fused-ring (bicyclic) bond motifs is 2. The maximum absolute atomic E-state index is 13.4. The summed E-state index contributed by atoms with van der Waals surface area (Å²) in [6, 6.07) is 3.47. The first-order valence-corrected chi connectivity index (χ1v) is 13.4. The summed E-state index contributed by atoms with van der Waals surface area (Å²) in [5.41, 5.74) is 2.09. The molecule has 0 saturated carbocycles. The lowest BCUT2D eigenvalue weighted by Crippen LogP contribution is -2.50. The third-order valence-corrected chi connectivity index (χ3v) is 6.61. The van der Waals surface area contributed by atoms with Gasteiger partial charge in [0.2, 0.25) is 6.79 Å². The smallest absolute Gasteiger partial charge is 0.410 e. The second-order valence-corrected chi connectivity index (χ2v) is 10.8. The molecule has 1 atom stereocenters. The molecule has 4 heterocycles. The van der Waals surface area contributed by atoms with E-state index in [4.69, 9.17) is 18.9 Å². The summed E-state index contributed by atoms with van der Waals surface area (Å²) in [5.74, 6) is 1.50. The van der Waals surface area contributed by atoms with E-state index in [9.17, 15) is 9.59 Å². The molecule has 1 aromatic carbocycles. The highest BCUT2D eigenvalue weighted by atomic mass is 16.7. The molecule has 2 aromatic heterocycles. The Hall–Kier alpha value is -4.02. The van der Waals surface area contributed by atoms with Crippen LogP contribution in [0.25, 0.3) is 22.3 Å². The van der Waals surface area contributed by atoms with Crippen LogP contribution in [0.5, 0.6) is 17.2 Å². The fraction of sp³-hybridized carbons (Fsp3) is 0.500. The fourth-order valence-corrected chi connectivity index (χ4v) is 4.78. The molecule has 1 unspecified atom stereocenters. The van der Waals surface area contributed by atoms with Gasteiger partial charge >= 0.3 is 6.09 Å². The van der Waals surface area contributed by atoms with Crippen molar-refractivity contribution >= 4 is 23.0 Å². The van der Waals surface area contributed by atoms with Crippen LogP contribution >= 0.6 is 0 Å². The van der Waals surface area contributed by atoms with Gasteiger partial charge in [0.15, 0.2) is 11.5 Å². The number of ether oxygens (including phenoxy) is 4. The van der Waals surface area contributed by atoms with E-state index in [2.05, 4.69) is 27.2 Å². The van der Waals surface area contributed by atoms with Gasteiger partial charge in [-0.15, -0.1) is 0 Å². The van der Waals surface area contributed by atoms with Crippen LogP contribution in [0.2, 0.25) is 0 Å². The number of piperidine rings is 1. The number of nitrogens with one attached hydrogen (secondary N) is 2. The van der Waals surface area contributed by atoms with Crippen LogP contribution in [0.3, 0.4) is 0 Å². The normalized spacial score (nSPS) is 16.8. The molecule has 2 N–H and O–H groups in total. The number of unbranched alkanes of at least 4 members (excludes halogenated alkanes) is 1. The number of aromatic amines is 1. The van der Waals surface area contributed by atoms with Crippen LogP contribution in [-0.2, 0) is 4.74 Å². The Bertz CT molecular complexity index is 1360. The average molecular weight is 538 g/mol. The Morgan fingerprint density at radius 3 is 2.87 bits per heavy atom. The molecule has 1 fully saturated rings. The van der Waals surface area contributed by atoms with Gasteiger partial charge in [-0.25, -0.2) is 14.8 Å². The molecule has 1 saturated heterocycles. The van der Waals surface area contributed by atoms with Crippen molar-refractivity contribution in [3.05, 3.63) is 30.2 Å². The predicted octanol–water partition coefficient (Wildman–Crippen LogP) is 4.66. The molecule has 11 heteroatoms. The Morgan fingerprint density at radius 1 is 1.23 bits per heavy atom. The molecule has 2 aliphatic rings. The third-order valence-electron chi connectivity index (χ3n) is 6.61. The Kier molecular flexibility index (Phi) is 7.49. The zero-order valence-corrected chi connectivity index (χ0v) is 22.8. The van der Waals surface area contributed by atoms with Crippen LogP contribution in [0.1, 0.15) is 63.7 Å². The van der Waals surface area contributed by atoms with Crippen LogP contribution in [-0.4, -0.2) is 70.0 Å². The molecule has 39 heavy (non-hydrogen) atoms. The van der Waals surface area contributed by atoms with Gasteiger partial charge in [0.25, 0.3) is 5.91 Å². The number of carbonyl (C=O) groups excluding carboxylic acids is 2. The Morgan fingerprint density at radius 2 is 2.08 bits per heavy atom. The molecule has 0 radical (unpaired) electrons. The van der Waals surface area contributed by atoms with Gasteiger partial charge in [-0.05, 0) is 52.2 Å². The molecule has 5 rings (SSSR count). The quantitative estimate of drug-likeness (QED) is 0.417. The largest absolute Gasteiger partial charge is 0.493 e. The molecule has 208 valence electrons. The van der Waals surface area contributed by atoms with Crippen LogP contribution in [0.4, 0.5) is 4.79 Å². The minimum absolute atomic E-state index is 0.106. The number of hydrogen-bond donors (Lipinski definition) is 2. The lowest BCUT2D eigenvalue weighted by Gasteiger charge is -2.34. The van der Waals surface area contributed by atoms with Gasteiger partial charge < -0.3 is 34.1 Å². The first kappa shape index (κ1) is 26.6. The van der Waals surface area contributed by atoms with Crippen molar-refractivity contribution in [3.8, 4) is 28.5 Å². The monoisotopic (exact) mass is 537 g/mol. The number of carbonyl (C=O) groups is 2. The molecule has 0 bridgehead atoms. The lowest BCUT2D eigenvalue weighted by molar-refractivity contribution is 0.0185. The SMILES string of the molecule is CCCCOc1ccc2c(c1-c1ncnc3c(C(=O)NC4CCCN(C(=O)OC(C)(C)C)C4)c[nH]c13)OCO2. The second-order valence-electron chi connectivity index (χ2n) is 10.8. The van der Waals surface area contributed by atoms with Gasteiger partial charge in [-0.3, -0.25) is 4.79 Å². The van der Waals surface area contributed by atoms with Crippen LogP contribution < -0.4 is 19.5 Å². The van der Waals surface area contributed by atoms with Crippen LogP contribution in [0.15, 0.2) is 24.7 Å². The highest BCUT2D eigenvalue weighted by Gasteiger charge is 2.30. The van der Waals surface area contributed by atoms with Crippen molar-refractivity contribution in [2.45, 2.75) is 65.0 Å². The minimum Gasteiger partial charge on any atom is -0.493 e. The summed E-state index contributed by atoms with van der Waals surface area (Å²) in [6.07, 6.45) is 6.13.